The number of fused-ring (bicyclic) bond motifs is 2. The molecule has 3 aromatic carbocycles. The van der Waals surface area contributed by atoms with Crippen LogP contribution in [0, 0.1) is 0 Å². The second-order valence-electron chi connectivity index (χ2n) is 8.82. The van der Waals surface area contributed by atoms with Crippen molar-refractivity contribution >= 4 is 22.7 Å². The van der Waals surface area contributed by atoms with Gasteiger partial charge in [0.25, 0.3) is 5.91 Å². The SMILES string of the molecule is CC(C(=O)N(C)C)N1C(=O)c2ccccc2C1c1c(-c2ccccc2)n(C)c2ccccc12. The molecule has 5 rings (SSSR count). The number of rotatable bonds is 4. The fourth-order valence-electron chi connectivity index (χ4n) is 5.17. The Bertz CT molecular complexity index is 1370. The van der Waals surface area contributed by atoms with Gasteiger partial charge in [-0.25, -0.2) is 0 Å². The molecule has 4 aromatic rings. The van der Waals surface area contributed by atoms with Crippen molar-refractivity contribution in [1.82, 2.24) is 14.4 Å². The second kappa shape index (κ2) is 7.93. The Morgan fingerprint density at radius 3 is 2.27 bits per heavy atom. The molecule has 1 aliphatic rings. The zero-order valence-electron chi connectivity index (χ0n) is 19.3. The summed E-state index contributed by atoms with van der Waals surface area (Å²) in [7, 11) is 5.53. The van der Waals surface area contributed by atoms with E-state index in [-0.39, 0.29) is 17.9 Å². The van der Waals surface area contributed by atoms with Gasteiger partial charge in [0, 0.05) is 43.2 Å². The number of carbonyl (C=O) groups is 2. The minimum Gasteiger partial charge on any atom is -0.347 e. The number of carbonyl (C=O) groups excluding carboxylic acids is 2. The summed E-state index contributed by atoms with van der Waals surface area (Å²) < 4.78 is 2.20. The molecule has 1 aliphatic heterocycles. The van der Waals surface area contributed by atoms with Crippen LogP contribution in [0.15, 0.2) is 78.9 Å². The van der Waals surface area contributed by atoms with E-state index in [0.717, 1.165) is 33.3 Å². The third-order valence-corrected chi connectivity index (χ3v) is 6.68. The lowest BCUT2D eigenvalue weighted by molar-refractivity contribution is -0.133. The van der Waals surface area contributed by atoms with Gasteiger partial charge in [0.1, 0.15) is 6.04 Å². The van der Waals surface area contributed by atoms with Crippen LogP contribution in [-0.2, 0) is 11.8 Å². The van der Waals surface area contributed by atoms with Crippen LogP contribution in [0.2, 0.25) is 0 Å². The minimum atomic E-state index is -0.604. The van der Waals surface area contributed by atoms with Gasteiger partial charge in [-0.2, -0.15) is 0 Å². The number of aromatic nitrogens is 1. The van der Waals surface area contributed by atoms with E-state index in [0.29, 0.717) is 5.56 Å². The maximum Gasteiger partial charge on any atom is 0.255 e. The number of likely N-dealkylation sites (N-methyl/N-ethyl adjacent to an activating group) is 1. The maximum atomic E-state index is 13.7. The summed E-state index contributed by atoms with van der Waals surface area (Å²) in [6.45, 7) is 1.83. The van der Waals surface area contributed by atoms with Crippen LogP contribution < -0.4 is 0 Å². The van der Waals surface area contributed by atoms with Crippen LogP contribution in [-0.4, -0.2) is 46.3 Å². The monoisotopic (exact) mass is 437 g/mol. The average Bonchev–Trinajstić information content (AvgIpc) is 3.30. The first-order valence-electron chi connectivity index (χ1n) is 11.2. The smallest absolute Gasteiger partial charge is 0.255 e. The highest BCUT2D eigenvalue weighted by atomic mass is 16.2. The number of amides is 2. The predicted molar refractivity (Wildman–Crippen MR) is 131 cm³/mol. The molecule has 0 saturated carbocycles. The van der Waals surface area contributed by atoms with E-state index in [1.807, 2.05) is 61.5 Å². The Hall–Kier alpha value is -3.86. The Morgan fingerprint density at radius 1 is 0.909 bits per heavy atom. The molecule has 0 radical (unpaired) electrons. The first kappa shape index (κ1) is 21.0. The molecule has 0 spiro atoms. The molecule has 0 fully saturated rings. The molecular formula is C28H27N3O2. The molecule has 0 N–H and O–H groups in total. The van der Waals surface area contributed by atoms with Crippen LogP contribution in [0.1, 0.15) is 34.5 Å². The van der Waals surface area contributed by atoms with Gasteiger partial charge in [-0.05, 0) is 30.2 Å². The number of aryl methyl sites for hydroxylation is 1. The lowest BCUT2D eigenvalue weighted by Crippen LogP contribution is -2.46. The highest BCUT2D eigenvalue weighted by molar-refractivity contribution is 6.04. The number of benzene rings is 3. The van der Waals surface area contributed by atoms with E-state index in [4.69, 9.17) is 0 Å². The summed E-state index contributed by atoms with van der Waals surface area (Å²) in [6, 6.07) is 25.3. The van der Waals surface area contributed by atoms with Crippen LogP contribution in [0.3, 0.4) is 0 Å². The molecule has 2 heterocycles. The van der Waals surface area contributed by atoms with Crippen LogP contribution in [0.4, 0.5) is 0 Å². The van der Waals surface area contributed by atoms with Crippen molar-refractivity contribution in [3.63, 3.8) is 0 Å². The topological polar surface area (TPSA) is 45.6 Å². The Labute approximate surface area is 193 Å². The summed E-state index contributed by atoms with van der Waals surface area (Å²) in [5.74, 6) is -0.201. The fourth-order valence-corrected chi connectivity index (χ4v) is 5.17. The van der Waals surface area contributed by atoms with Crippen LogP contribution >= 0.6 is 0 Å². The van der Waals surface area contributed by atoms with Crippen molar-refractivity contribution < 1.29 is 9.59 Å². The molecule has 166 valence electrons. The normalized spacial score (nSPS) is 16.2. The van der Waals surface area contributed by atoms with Crippen molar-refractivity contribution in [3.8, 4) is 11.3 Å². The van der Waals surface area contributed by atoms with E-state index < -0.39 is 6.04 Å². The molecule has 2 atom stereocenters. The maximum absolute atomic E-state index is 13.7. The summed E-state index contributed by atoms with van der Waals surface area (Å²) in [6.07, 6.45) is 0. The predicted octanol–water partition coefficient (Wildman–Crippen LogP) is 4.87. The number of hydrogen-bond donors (Lipinski definition) is 0. The first-order valence-corrected chi connectivity index (χ1v) is 11.2. The highest BCUT2D eigenvalue weighted by Gasteiger charge is 2.44. The zero-order valence-corrected chi connectivity index (χ0v) is 19.3. The van der Waals surface area contributed by atoms with Gasteiger partial charge >= 0.3 is 0 Å². The third kappa shape index (κ3) is 3.15. The van der Waals surface area contributed by atoms with E-state index in [1.54, 1.807) is 23.9 Å². The van der Waals surface area contributed by atoms with Crippen LogP contribution in [0.5, 0.6) is 0 Å². The lowest BCUT2D eigenvalue weighted by Gasteiger charge is -2.32. The van der Waals surface area contributed by atoms with Gasteiger partial charge < -0.3 is 14.4 Å². The summed E-state index contributed by atoms with van der Waals surface area (Å²) in [5, 5.41) is 1.09. The molecule has 0 bridgehead atoms. The highest BCUT2D eigenvalue weighted by Crippen LogP contribution is 2.47. The van der Waals surface area contributed by atoms with Crippen molar-refractivity contribution in [1.29, 1.82) is 0 Å². The standard InChI is InChI=1S/C28H27N3O2/c1-18(27(32)29(2)3)31-26(20-14-8-9-15-21(20)28(31)33)24-22-16-10-11-17-23(22)30(4)25(24)19-12-6-5-7-13-19/h5-18,26H,1-4H3. The van der Waals surface area contributed by atoms with Crippen molar-refractivity contribution in [3.05, 3.63) is 95.6 Å². The molecular weight excluding hydrogens is 410 g/mol. The van der Waals surface area contributed by atoms with Gasteiger partial charge in [0.05, 0.1) is 11.7 Å². The van der Waals surface area contributed by atoms with E-state index >= 15 is 0 Å². The molecule has 2 unspecified atom stereocenters. The van der Waals surface area contributed by atoms with Crippen molar-refractivity contribution in [2.75, 3.05) is 14.1 Å². The molecule has 5 heteroatoms. The van der Waals surface area contributed by atoms with Gasteiger partial charge in [-0.15, -0.1) is 0 Å². The number of hydrogen-bond acceptors (Lipinski definition) is 2. The van der Waals surface area contributed by atoms with Gasteiger partial charge in [0.2, 0.25) is 5.91 Å². The molecule has 33 heavy (non-hydrogen) atoms. The van der Waals surface area contributed by atoms with E-state index in [2.05, 4.69) is 35.9 Å². The van der Waals surface area contributed by atoms with Gasteiger partial charge in [-0.3, -0.25) is 9.59 Å². The Morgan fingerprint density at radius 2 is 1.55 bits per heavy atom. The van der Waals surface area contributed by atoms with E-state index in [9.17, 15) is 9.59 Å². The quantitative estimate of drug-likeness (QED) is 0.457. The third-order valence-electron chi connectivity index (χ3n) is 6.68. The van der Waals surface area contributed by atoms with Crippen molar-refractivity contribution in [2.45, 2.75) is 19.0 Å². The molecule has 0 aliphatic carbocycles. The second-order valence-corrected chi connectivity index (χ2v) is 8.82. The largest absolute Gasteiger partial charge is 0.347 e. The summed E-state index contributed by atoms with van der Waals surface area (Å²) in [4.78, 5) is 30.1. The average molecular weight is 438 g/mol. The number of nitrogens with zero attached hydrogens (tertiary/aromatic N) is 3. The molecule has 2 amide bonds. The van der Waals surface area contributed by atoms with Crippen molar-refractivity contribution in [2.24, 2.45) is 7.05 Å². The van der Waals surface area contributed by atoms with Gasteiger partial charge in [0.15, 0.2) is 0 Å². The molecule has 5 nitrogen and oxygen atoms in total. The summed E-state index contributed by atoms with van der Waals surface area (Å²) >= 11 is 0. The van der Waals surface area contributed by atoms with Crippen LogP contribution in [0.25, 0.3) is 22.2 Å². The first-order chi connectivity index (χ1) is 15.9. The van der Waals surface area contributed by atoms with E-state index in [1.165, 1.54) is 0 Å². The Kier molecular flexibility index (Phi) is 5.05. The fraction of sp³-hybridized carbons (Fsp3) is 0.214. The lowest BCUT2D eigenvalue weighted by atomic mass is 9.92. The van der Waals surface area contributed by atoms with Gasteiger partial charge in [-0.1, -0.05) is 66.7 Å². The molecule has 0 saturated heterocycles. The number of para-hydroxylation sites is 1. The minimum absolute atomic E-state index is 0.0948. The molecule has 1 aromatic heterocycles. The summed E-state index contributed by atoms with van der Waals surface area (Å²) in [5.41, 5.74) is 5.88. The zero-order chi connectivity index (χ0) is 23.3. The Balaban J connectivity index is 1.84.